The molecule has 0 spiro atoms. The van der Waals surface area contributed by atoms with Crippen LogP contribution in [0.15, 0.2) is 36.4 Å². The molecule has 1 amide bonds. The van der Waals surface area contributed by atoms with Crippen molar-refractivity contribution in [2.75, 3.05) is 76.9 Å². The number of nitro groups is 1. The summed E-state index contributed by atoms with van der Waals surface area (Å²) < 4.78 is 16.5. The number of anilines is 2. The van der Waals surface area contributed by atoms with Crippen LogP contribution in [0.5, 0.6) is 17.2 Å². The second-order valence-electron chi connectivity index (χ2n) is 11.1. The summed E-state index contributed by atoms with van der Waals surface area (Å²) in [5, 5.41) is 14.9. The van der Waals surface area contributed by atoms with Gasteiger partial charge in [-0.05, 0) is 37.0 Å². The van der Waals surface area contributed by atoms with Crippen molar-refractivity contribution < 1.29 is 23.9 Å². The topological polar surface area (TPSA) is 110 Å². The average Bonchev–Trinajstić information content (AvgIpc) is 2.99. The van der Waals surface area contributed by atoms with Gasteiger partial charge in [-0.1, -0.05) is 21.3 Å². The summed E-state index contributed by atoms with van der Waals surface area (Å²) in [5.41, 5.74) is 1.88. The zero-order valence-corrected chi connectivity index (χ0v) is 24.6. The van der Waals surface area contributed by atoms with Crippen LogP contribution in [0.1, 0.15) is 40.5 Å². The van der Waals surface area contributed by atoms with Gasteiger partial charge in [-0.15, -0.1) is 0 Å². The molecule has 2 heterocycles. The molecule has 0 atom stereocenters. The van der Waals surface area contributed by atoms with Crippen molar-refractivity contribution in [2.24, 2.45) is 5.92 Å². The number of nitro benzene ring substituents is 1. The van der Waals surface area contributed by atoms with E-state index in [-0.39, 0.29) is 36.7 Å². The third kappa shape index (κ3) is 8.64. The average molecular weight is 586 g/mol. The quantitative estimate of drug-likeness (QED) is 0.275. The van der Waals surface area contributed by atoms with E-state index in [1.165, 1.54) is 6.07 Å². The highest BCUT2D eigenvalue weighted by Crippen LogP contribution is 2.33. The van der Waals surface area contributed by atoms with Crippen molar-refractivity contribution in [3.05, 3.63) is 46.5 Å². The third-order valence-electron chi connectivity index (χ3n) is 7.69. The molecule has 11 nitrogen and oxygen atoms in total. The van der Waals surface area contributed by atoms with Crippen molar-refractivity contribution in [3.8, 4) is 17.2 Å². The number of ether oxygens (including phenoxy) is 3. The SMILES string of the molecule is C.COc1ccc(N2CCN(CCC(=O)N3CCC(Nc4ccc([N+](=O)[O-])c(OCC(C)C)c4)CC3)CC2)cc1OC. The Kier molecular flexibility index (Phi) is 12.1. The molecule has 2 aromatic rings. The predicted octanol–water partition coefficient (Wildman–Crippen LogP) is 4.90. The lowest BCUT2D eigenvalue weighted by molar-refractivity contribution is -0.385. The molecule has 2 aliphatic heterocycles. The van der Waals surface area contributed by atoms with Gasteiger partial charge >= 0.3 is 5.69 Å². The summed E-state index contributed by atoms with van der Waals surface area (Å²) in [6, 6.07) is 11.1. The monoisotopic (exact) mass is 585 g/mol. The number of hydrogen-bond donors (Lipinski definition) is 1. The molecule has 2 aliphatic rings. The first-order valence-corrected chi connectivity index (χ1v) is 14.4. The molecule has 0 bridgehead atoms. The van der Waals surface area contributed by atoms with Crippen LogP contribution < -0.4 is 24.4 Å². The first-order valence-electron chi connectivity index (χ1n) is 14.4. The highest BCUT2D eigenvalue weighted by molar-refractivity contribution is 5.76. The fourth-order valence-corrected chi connectivity index (χ4v) is 5.30. The normalized spacial score (nSPS) is 16.1. The number of amides is 1. The molecule has 4 rings (SSSR count). The standard InChI is InChI=1S/C30H43N5O6.CH4/c1-22(2)21-41-28-19-24(5-7-26(28)35(37)38)31-23-9-13-34(14-10-23)30(36)11-12-32-15-17-33(18-16-32)25-6-8-27(39-3)29(20-25)40-4;/h5-8,19-20,22-23,31H,9-18,21H2,1-4H3;1H4. The Balaban J connectivity index is 0.00000484. The van der Waals surface area contributed by atoms with Gasteiger partial charge in [-0.2, -0.15) is 0 Å². The smallest absolute Gasteiger partial charge is 0.311 e. The minimum absolute atomic E-state index is 0. The number of nitrogens with zero attached hydrogens (tertiary/aromatic N) is 4. The summed E-state index contributed by atoms with van der Waals surface area (Å²) in [7, 11) is 3.28. The summed E-state index contributed by atoms with van der Waals surface area (Å²) in [4.78, 5) is 30.6. The van der Waals surface area contributed by atoms with Crippen LogP contribution in [0.4, 0.5) is 17.1 Å². The van der Waals surface area contributed by atoms with Gasteiger partial charge in [0.1, 0.15) is 0 Å². The molecule has 0 aromatic heterocycles. The van der Waals surface area contributed by atoms with E-state index in [4.69, 9.17) is 14.2 Å². The number of benzene rings is 2. The van der Waals surface area contributed by atoms with Gasteiger partial charge in [0, 0.05) is 87.8 Å². The van der Waals surface area contributed by atoms with E-state index >= 15 is 0 Å². The Morgan fingerprint density at radius 1 is 0.976 bits per heavy atom. The molecule has 1 N–H and O–H groups in total. The van der Waals surface area contributed by atoms with Crippen LogP contribution in [0.2, 0.25) is 0 Å². The van der Waals surface area contributed by atoms with Crippen LogP contribution in [0.25, 0.3) is 0 Å². The Labute approximate surface area is 249 Å². The van der Waals surface area contributed by atoms with E-state index in [1.54, 1.807) is 26.4 Å². The molecule has 42 heavy (non-hydrogen) atoms. The van der Waals surface area contributed by atoms with Crippen LogP contribution in [-0.4, -0.2) is 93.3 Å². The van der Waals surface area contributed by atoms with E-state index in [0.29, 0.717) is 26.1 Å². The molecule has 2 aromatic carbocycles. The molecule has 2 saturated heterocycles. The van der Waals surface area contributed by atoms with E-state index in [1.807, 2.05) is 30.9 Å². The summed E-state index contributed by atoms with van der Waals surface area (Å²) in [6.07, 6.45) is 2.18. The minimum Gasteiger partial charge on any atom is -0.493 e. The zero-order valence-electron chi connectivity index (χ0n) is 24.6. The number of carbonyl (C=O) groups is 1. The fraction of sp³-hybridized carbons (Fsp3) is 0.581. The van der Waals surface area contributed by atoms with Crippen molar-refractivity contribution >= 4 is 23.0 Å². The molecule has 11 heteroatoms. The number of rotatable bonds is 12. The van der Waals surface area contributed by atoms with Crippen LogP contribution in [-0.2, 0) is 4.79 Å². The minimum atomic E-state index is -0.415. The Morgan fingerprint density at radius 3 is 2.29 bits per heavy atom. The number of hydrogen-bond acceptors (Lipinski definition) is 9. The van der Waals surface area contributed by atoms with E-state index in [2.05, 4.69) is 21.2 Å². The maximum absolute atomic E-state index is 13.0. The van der Waals surface area contributed by atoms with Crippen molar-refractivity contribution in [2.45, 2.75) is 46.6 Å². The molecule has 0 aliphatic carbocycles. The number of piperidine rings is 1. The Hall–Kier alpha value is -3.73. The molecule has 0 unspecified atom stereocenters. The van der Waals surface area contributed by atoms with E-state index in [9.17, 15) is 14.9 Å². The molecular formula is C31H47N5O6. The van der Waals surface area contributed by atoms with Crippen LogP contribution >= 0.6 is 0 Å². The number of nitrogens with one attached hydrogen (secondary N) is 1. The second-order valence-corrected chi connectivity index (χ2v) is 11.1. The number of carbonyl (C=O) groups excluding carboxylic acids is 1. The summed E-state index contributed by atoms with van der Waals surface area (Å²) in [6.45, 7) is 10.2. The molecule has 2 fully saturated rings. The van der Waals surface area contributed by atoms with Gasteiger partial charge in [0.15, 0.2) is 17.2 Å². The largest absolute Gasteiger partial charge is 0.493 e. The maximum Gasteiger partial charge on any atom is 0.311 e. The first-order chi connectivity index (χ1) is 19.8. The van der Waals surface area contributed by atoms with Crippen molar-refractivity contribution in [1.82, 2.24) is 9.80 Å². The van der Waals surface area contributed by atoms with Crippen LogP contribution in [0, 0.1) is 16.0 Å². The maximum atomic E-state index is 13.0. The number of likely N-dealkylation sites (tertiary alicyclic amines) is 1. The van der Waals surface area contributed by atoms with Crippen LogP contribution in [0.3, 0.4) is 0 Å². The molecule has 232 valence electrons. The number of methoxy groups -OCH3 is 2. The fourth-order valence-electron chi connectivity index (χ4n) is 5.30. The van der Waals surface area contributed by atoms with E-state index in [0.717, 1.165) is 68.4 Å². The number of piperazine rings is 1. The highest BCUT2D eigenvalue weighted by Gasteiger charge is 2.25. The Morgan fingerprint density at radius 2 is 1.67 bits per heavy atom. The lowest BCUT2D eigenvalue weighted by Gasteiger charge is -2.37. The Bertz CT molecular complexity index is 1180. The molecular weight excluding hydrogens is 538 g/mol. The first kappa shape index (κ1) is 32.8. The van der Waals surface area contributed by atoms with Gasteiger partial charge < -0.3 is 29.3 Å². The summed E-state index contributed by atoms with van der Waals surface area (Å²) >= 11 is 0. The van der Waals surface area contributed by atoms with Crippen molar-refractivity contribution in [1.29, 1.82) is 0 Å². The van der Waals surface area contributed by atoms with Crippen molar-refractivity contribution in [3.63, 3.8) is 0 Å². The van der Waals surface area contributed by atoms with Gasteiger partial charge in [0.05, 0.1) is 25.7 Å². The lowest BCUT2D eigenvalue weighted by Crippen LogP contribution is -2.48. The van der Waals surface area contributed by atoms with Gasteiger partial charge in [-0.3, -0.25) is 19.8 Å². The van der Waals surface area contributed by atoms with E-state index < -0.39 is 4.92 Å². The highest BCUT2D eigenvalue weighted by atomic mass is 16.6. The lowest BCUT2D eigenvalue weighted by atomic mass is 10.0. The third-order valence-corrected chi connectivity index (χ3v) is 7.69. The molecule has 0 saturated carbocycles. The predicted molar refractivity (Wildman–Crippen MR) is 166 cm³/mol. The van der Waals surface area contributed by atoms with Gasteiger partial charge in [-0.25, -0.2) is 0 Å². The second kappa shape index (κ2) is 15.5. The summed E-state index contributed by atoms with van der Waals surface area (Å²) in [5.74, 6) is 2.20. The molecule has 0 radical (unpaired) electrons. The van der Waals surface area contributed by atoms with Gasteiger partial charge in [0.25, 0.3) is 0 Å². The van der Waals surface area contributed by atoms with Gasteiger partial charge in [0.2, 0.25) is 5.91 Å². The zero-order chi connectivity index (χ0) is 29.4.